The molecule has 0 saturated carbocycles. The largest absolute Gasteiger partial charge is 0.496 e. The standard InChI is InChI=1S/C26H31F3N4O4/c1-15-12-16(26(27,28)29)13-20(35-6)21(15)18-9-10-19-22(30-18)31-23(36-19)33-11-7-8-17(14-33)32(5)24(34)37-25(2,3)4/h9-10,12-13,17H,7-8,11,14H2,1-6H3/t17-/m1/s1. The molecule has 2 aromatic heterocycles. The number of carbonyl (C=O) groups excluding carboxylic acids is 1. The Kier molecular flexibility index (Phi) is 7.00. The van der Waals surface area contributed by atoms with Crippen LogP contribution in [0.15, 0.2) is 28.7 Å². The van der Waals surface area contributed by atoms with Crippen LogP contribution in [0.25, 0.3) is 22.5 Å². The van der Waals surface area contributed by atoms with Crippen molar-refractivity contribution in [1.29, 1.82) is 0 Å². The van der Waals surface area contributed by atoms with E-state index in [1.165, 1.54) is 7.11 Å². The minimum Gasteiger partial charge on any atom is -0.496 e. The number of ether oxygens (including phenoxy) is 2. The summed E-state index contributed by atoms with van der Waals surface area (Å²) in [4.78, 5) is 25.2. The van der Waals surface area contributed by atoms with E-state index in [4.69, 9.17) is 13.9 Å². The number of hydrogen-bond donors (Lipinski definition) is 0. The summed E-state index contributed by atoms with van der Waals surface area (Å²) in [7, 11) is 3.05. The highest BCUT2D eigenvalue weighted by molar-refractivity contribution is 5.79. The number of piperidine rings is 1. The van der Waals surface area contributed by atoms with E-state index in [1.54, 1.807) is 31.0 Å². The van der Waals surface area contributed by atoms with Crippen LogP contribution >= 0.6 is 0 Å². The second-order valence-corrected chi connectivity index (χ2v) is 10.2. The fourth-order valence-electron chi connectivity index (χ4n) is 4.42. The van der Waals surface area contributed by atoms with Gasteiger partial charge in [0.1, 0.15) is 11.4 Å². The topological polar surface area (TPSA) is 80.9 Å². The Morgan fingerprint density at radius 3 is 2.57 bits per heavy atom. The quantitative estimate of drug-likeness (QED) is 0.414. The van der Waals surface area contributed by atoms with Crippen LogP contribution in [0.5, 0.6) is 5.75 Å². The van der Waals surface area contributed by atoms with Crippen molar-refractivity contribution >= 4 is 23.3 Å². The highest BCUT2D eigenvalue weighted by Gasteiger charge is 2.33. The molecule has 1 aromatic carbocycles. The molecule has 1 fully saturated rings. The van der Waals surface area contributed by atoms with Crippen LogP contribution in [0, 0.1) is 6.92 Å². The molecule has 1 saturated heterocycles. The van der Waals surface area contributed by atoms with E-state index in [1.807, 2.05) is 25.7 Å². The number of methoxy groups -OCH3 is 1. The zero-order valence-electron chi connectivity index (χ0n) is 21.8. The molecule has 0 spiro atoms. The zero-order chi connectivity index (χ0) is 27.1. The average Bonchev–Trinajstić information content (AvgIpc) is 3.25. The molecule has 0 bridgehead atoms. The number of fused-ring (bicyclic) bond motifs is 1. The molecule has 1 amide bonds. The Balaban J connectivity index is 1.60. The van der Waals surface area contributed by atoms with Gasteiger partial charge in [0.25, 0.3) is 6.01 Å². The number of pyridine rings is 1. The van der Waals surface area contributed by atoms with Gasteiger partial charge in [-0.15, -0.1) is 0 Å². The zero-order valence-corrected chi connectivity index (χ0v) is 21.8. The molecular formula is C26H31F3N4O4. The van der Waals surface area contributed by atoms with Gasteiger partial charge < -0.3 is 23.7 Å². The van der Waals surface area contributed by atoms with Crippen molar-refractivity contribution in [2.45, 2.75) is 58.4 Å². The minimum absolute atomic E-state index is 0.0759. The van der Waals surface area contributed by atoms with Gasteiger partial charge in [-0.1, -0.05) is 0 Å². The molecule has 11 heteroatoms. The van der Waals surface area contributed by atoms with Gasteiger partial charge in [0, 0.05) is 25.7 Å². The third-order valence-electron chi connectivity index (χ3n) is 6.24. The number of anilines is 1. The number of hydrogen-bond acceptors (Lipinski definition) is 7. The molecule has 1 aliphatic heterocycles. The second-order valence-electron chi connectivity index (χ2n) is 10.2. The lowest BCUT2D eigenvalue weighted by atomic mass is 10.00. The average molecular weight is 521 g/mol. The second kappa shape index (κ2) is 9.75. The number of rotatable bonds is 4. The van der Waals surface area contributed by atoms with E-state index in [0.717, 1.165) is 25.0 Å². The molecular weight excluding hydrogens is 489 g/mol. The smallest absolute Gasteiger partial charge is 0.416 e. The third kappa shape index (κ3) is 5.75. The number of carbonyl (C=O) groups is 1. The number of nitrogens with zero attached hydrogens (tertiary/aromatic N) is 4. The number of halogens is 3. The molecule has 0 unspecified atom stereocenters. The molecule has 8 nitrogen and oxygen atoms in total. The van der Waals surface area contributed by atoms with Crippen LogP contribution in [0.1, 0.15) is 44.7 Å². The van der Waals surface area contributed by atoms with Gasteiger partial charge in [0.2, 0.25) is 5.65 Å². The lowest BCUT2D eigenvalue weighted by molar-refractivity contribution is -0.137. The van der Waals surface area contributed by atoms with Crippen LogP contribution < -0.4 is 9.64 Å². The molecule has 4 rings (SSSR count). The van der Waals surface area contributed by atoms with Gasteiger partial charge in [-0.2, -0.15) is 18.2 Å². The van der Waals surface area contributed by atoms with E-state index in [2.05, 4.69) is 9.97 Å². The van der Waals surface area contributed by atoms with Crippen molar-refractivity contribution in [3.63, 3.8) is 0 Å². The van der Waals surface area contributed by atoms with Crippen molar-refractivity contribution in [1.82, 2.24) is 14.9 Å². The van der Waals surface area contributed by atoms with Crippen molar-refractivity contribution in [2.24, 2.45) is 0 Å². The molecule has 37 heavy (non-hydrogen) atoms. The van der Waals surface area contributed by atoms with Gasteiger partial charge in [-0.05, 0) is 70.4 Å². The van der Waals surface area contributed by atoms with Crippen LogP contribution in [0.4, 0.5) is 24.0 Å². The highest BCUT2D eigenvalue weighted by atomic mass is 19.4. The summed E-state index contributed by atoms with van der Waals surface area (Å²) in [6, 6.07) is 5.70. The first-order valence-electron chi connectivity index (χ1n) is 12.0. The molecule has 0 aliphatic carbocycles. The van der Waals surface area contributed by atoms with E-state index in [-0.39, 0.29) is 17.9 Å². The molecule has 0 radical (unpaired) electrons. The van der Waals surface area contributed by atoms with Gasteiger partial charge >= 0.3 is 12.3 Å². The molecule has 0 N–H and O–H groups in total. The number of aromatic nitrogens is 2. The first-order chi connectivity index (χ1) is 17.3. The fraction of sp³-hybridized carbons (Fsp3) is 0.500. The Bertz CT molecular complexity index is 1300. The normalized spacial score (nSPS) is 16.7. The van der Waals surface area contributed by atoms with Crippen LogP contribution in [-0.2, 0) is 10.9 Å². The Labute approximate surface area is 213 Å². The predicted molar refractivity (Wildman–Crippen MR) is 133 cm³/mol. The van der Waals surface area contributed by atoms with Gasteiger partial charge in [0.15, 0.2) is 5.58 Å². The third-order valence-corrected chi connectivity index (χ3v) is 6.24. The number of oxazole rings is 1. The van der Waals surface area contributed by atoms with E-state index in [0.29, 0.717) is 47.2 Å². The first-order valence-corrected chi connectivity index (χ1v) is 12.0. The number of benzene rings is 1. The Hall–Kier alpha value is -3.50. The lowest BCUT2D eigenvalue weighted by Gasteiger charge is -2.37. The van der Waals surface area contributed by atoms with Crippen LogP contribution in [-0.4, -0.2) is 59.9 Å². The summed E-state index contributed by atoms with van der Waals surface area (Å²) in [5.74, 6) is 0.0759. The summed E-state index contributed by atoms with van der Waals surface area (Å²) in [6.45, 7) is 8.28. The summed E-state index contributed by atoms with van der Waals surface area (Å²) >= 11 is 0. The number of amides is 1. The summed E-state index contributed by atoms with van der Waals surface area (Å²) in [5, 5.41) is 0. The maximum atomic E-state index is 13.3. The Morgan fingerprint density at radius 2 is 1.92 bits per heavy atom. The van der Waals surface area contributed by atoms with Crippen molar-refractivity contribution in [3.05, 3.63) is 35.4 Å². The van der Waals surface area contributed by atoms with Crippen molar-refractivity contribution < 1.29 is 31.9 Å². The van der Waals surface area contributed by atoms with Crippen molar-refractivity contribution in [2.75, 3.05) is 32.1 Å². The maximum Gasteiger partial charge on any atom is 0.416 e. The van der Waals surface area contributed by atoms with Gasteiger partial charge in [0.05, 0.1) is 24.4 Å². The van der Waals surface area contributed by atoms with Gasteiger partial charge in [-0.25, -0.2) is 9.78 Å². The van der Waals surface area contributed by atoms with E-state index < -0.39 is 17.3 Å². The van der Waals surface area contributed by atoms with Crippen LogP contribution in [0.2, 0.25) is 0 Å². The number of likely N-dealkylation sites (N-methyl/N-ethyl adjacent to an activating group) is 1. The summed E-state index contributed by atoms with van der Waals surface area (Å²) in [6.07, 6.45) is -3.22. The number of alkyl halides is 3. The SMILES string of the molecule is COc1cc(C(F)(F)F)cc(C)c1-c1ccc2oc(N3CCC[C@@H](N(C)C(=O)OC(C)(C)C)C3)nc2n1. The minimum atomic E-state index is -4.49. The molecule has 1 aliphatic rings. The van der Waals surface area contributed by atoms with Crippen LogP contribution in [0.3, 0.4) is 0 Å². The van der Waals surface area contributed by atoms with Gasteiger partial charge in [-0.3, -0.25) is 0 Å². The number of aryl methyl sites for hydroxylation is 1. The van der Waals surface area contributed by atoms with E-state index in [9.17, 15) is 18.0 Å². The molecule has 200 valence electrons. The monoisotopic (exact) mass is 520 g/mol. The molecule has 1 atom stereocenters. The summed E-state index contributed by atoms with van der Waals surface area (Å²) < 4.78 is 56.6. The predicted octanol–water partition coefficient (Wildman–Crippen LogP) is 6.06. The van der Waals surface area contributed by atoms with Crippen molar-refractivity contribution in [3.8, 4) is 17.0 Å². The summed E-state index contributed by atoms with van der Waals surface area (Å²) in [5.41, 5.74) is 0.673. The van der Waals surface area contributed by atoms with E-state index >= 15 is 0 Å². The lowest BCUT2D eigenvalue weighted by Crippen LogP contribution is -2.49. The maximum absolute atomic E-state index is 13.3. The highest BCUT2D eigenvalue weighted by Crippen LogP contribution is 2.39. The first kappa shape index (κ1) is 26.6. The molecule has 3 heterocycles. The fourth-order valence-corrected chi connectivity index (χ4v) is 4.42. The molecule has 3 aromatic rings. The Morgan fingerprint density at radius 1 is 1.19 bits per heavy atom.